The molecule has 2 aliphatic rings. The van der Waals surface area contributed by atoms with Gasteiger partial charge in [-0.2, -0.15) is 9.98 Å². The molecule has 3 aromatic rings. The van der Waals surface area contributed by atoms with E-state index < -0.39 is 6.03 Å². The van der Waals surface area contributed by atoms with Crippen molar-refractivity contribution in [3.8, 4) is 5.75 Å². The number of carbonyl (C=O) groups is 1. The van der Waals surface area contributed by atoms with Crippen LogP contribution in [0.3, 0.4) is 0 Å². The van der Waals surface area contributed by atoms with Crippen LogP contribution in [-0.2, 0) is 0 Å². The molecule has 2 amide bonds. The molecule has 1 aromatic heterocycles. The van der Waals surface area contributed by atoms with Crippen LogP contribution in [0.25, 0.3) is 6.08 Å². The van der Waals surface area contributed by atoms with E-state index in [1.165, 1.54) is 0 Å². The van der Waals surface area contributed by atoms with Crippen molar-refractivity contribution >= 4 is 12.1 Å². The van der Waals surface area contributed by atoms with Crippen molar-refractivity contribution in [2.45, 2.75) is 0 Å². The number of hydroxylamine groups is 1. The molecule has 0 saturated heterocycles. The first kappa shape index (κ1) is 16.1. The van der Waals surface area contributed by atoms with Crippen molar-refractivity contribution < 1.29 is 9.63 Å². The molecular formula is C18H15N5O2. The normalized spacial score (nSPS) is 12.4. The Morgan fingerprint density at radius 2 is 1.64 bits per heavy atom. The molecule has 0 atom stereocenters. The molecule has 0 radical (unpaired) electrons. The molecule has 7 nitrogen and oxygen atoms in total. The molecule has 0 fully saturated rings. The third-order valence-corrected chi connectivity index (χ3v) is 3.14. The quantitative estimate of drug-likeness (QED) is 0.658. The number of aromatic nitrogens is 2. The number of H-pyrrole nitrogens is 1. The topological polar surface area (TPSA) is 91.7 Å². The number of nitrogens with zero attached hydrogens (tertiary/aromatic N) is 3. The first-order chi connectivity index (χ1) is 12.3. The van der Waals surface area contributed by atoms with Gasteiger partial charge in [0, 0.05) is 24.2 Å². The highest BCUT2D eigenvalue weighted by Gasteiger charge is 2.02. The van der Waals surface area contributed by atoms with Gasteiger partial charge >= 0.3 is 6.03 Å². The van der Waals surface area contributed by atoms with Crippen LogP contribution in [-0.4, -0.2) is 16.0 Å². The zero-order valence-electron chi connectivity index (χ0n) is 13.2. The van der Waals surface area contributed by atoms with E-state index in [2.05, 4.69) is 25.4 Å². The Morgan fingerprint density at radius 1 is 0.920 bits per heavy atom. The second kappa shape index (κ2) is 8.21. The lowest BCUT2D eigenvalue weighted by atomic mass is 10.2. The molecule has 0 aliphatic carbocycles. The van der Waals surface area contributed by atoms with E-state index in [1.807, 2.05) is 42.5 Å². The van der Waals surface area contributed by atoms with Gasteiger partial charge in [-0.1, -0.05) is 30.3 Å². The second-order valence-corrected chi connectivity index (χ2v) is 4.85. The summed E-state index contributed by atoms with van der Waals surface area (Å²) in [5.41, 5.74) is 3.77. The maximum Gasteiger partial charge on any atom is 0.368 e. The van der Waals surface area contributed by atoms with Gasteiger partial charge in [-0.25, -0.2) is 15.3 Å². The van der Waals surface area contributed by atoms with Crippen LogP contribution < -0.4 is 21.0 Å². The Morgan fingerprint density at radius 3 is 2.24 bits per heavy atom. The van der Waals surface area contributed by atoms with E-state index >= 15 is 0 Å². The summed E-state index contributed by atoms with van der Waals surface area (Å²) in [4.78, 5) is 29.4. The Hall–Kier alpha value is -3.74. The van der Waals surface area contributed by atoms with E-state index in [0.717, 1.165) is 11.3 Å². The number of hydrogen-bond donors (Lipinski definition) is 2. The van der Waals surface area contributed by atoms with Crippen molar-refractivity contribution in [3.63, 3.8) is 0 Å². The largest absolute Gasteiger partial charge is 0.382 e. The lowest BCUT2D eigenvalue weighted by Crippen LogP contribution is -2.19. The van der Waals surface area contributed by atoms with Gasteiger partial charge in [0.15, 0.2) is 5.75 Å². The zero-order chi connectivity index (χ0) is 17.3. The van der Waals surface area contributed by atoms with Crippen LogP contribution in [0.15, 0.2) is 83.4 Å². The third kappa shape index (κ3) is 4.61. The average molecular weight is 333 g/mol. The van der Waals surface area contributed by atoms with Gasteiger partial charge in [-0.05, 0) is 24.3 Å². The summed E-state index contributed by atoms with van der Waals surface area (Å²) in [6, 6.07) is 14.7. The number of para-hydroxylation sites is 3. The summed E-state index contributed by atoms with van der Waals surface area (Å²) in [6.07, 6.45) is 8.82. The molecule has 2 aliphatic heterocycles. The zero-order valence-corrected chi connectivity index (χ0v) is 13.2. The lowest BCUT2D eigenvalue weighted by molar-refractivity contribution is 0.239. The summed E-state index contributed by atoms with van der Waals surface area (Å²) >= 11 is 0. The van der Waals surface area contributed by atoms with Crippen LogP contribution in [0.2, 0.25) is 0 Å². The standard InChI is InChI=1S/C8H7NO.C7H4N2O.C3H4N2/c1-2-4-8-7(3-1)5-6-9-10-8;10-7-8-5-3-1-2-4-6(5)9-7;1-2-5-3-4-1/h1-6,9H;1-4H;1-3H,(H,4,5). The van der Waals surface area contributed by atoms with Gasteiger partial charge in [0.2, 0.25) is 0 Å². The van der Waals surface area contributed by atoms with Gasteiger partial charge in [0.25, 0.3) is 0 Å². The monoisotopic (exact) mass is 333 g/mol. The number of benzene rings is 2. The Balaban J connectivity index is 0.000000116. The highest BCUT2D eigenvalue weighted by Crippen LogP contribution is 2.20. The molecule has 25 heavy (non-hydrogen) atoms. The minimum Gasteiger partial charge on any atom is -0.382 e. The van der Waals surface area contributed by atoms with Crippen molar-refractivity contribution in [3.05, 3.63) is 89.7 Å². The molecule has 7 heteroatoms. The number of imidazole rings is 1. The molecule has 2 N–H and O–H groups in total. The van der Waals surface area contributed by atoms with Crippen molar-refractivity contribution in [2.75, 3.05) is 0 Å². The number of hydrogen-bond acceptors (Lipinski definition) is 4. The maximum atomic E-state index is 10.6. The fraction of sp³-hybridized carbons (Fsp3) is 0. The molecule has 124 valence electrons. The number of carbonyl (C=O) groups excluding carboxylic acids is 1. The maximum absolute atomic E-state index is 10.6. The number of rotatable bonds is 0. The molecular weight excluding hydrogens is 318 g/mol. The van der Waals surface area contributed by atoms with E-state index in [1.54, 1.807) is 37.1 Å². The molecule has 3 heterocycles. The average Bonchev–Trinajstić information content (AvgIpc) is 3.34. The van der Waals surface area contributed by atoms with Gasteiger partial charge in [-0.3, -0.25) is 0 Å². The Bertz CT molecular complexity index is 926. The van der Waals surface area contributed by atoms with Gasteiger partial charge in [0.1, 0.15) is 0 Å². The van der Waals surface area contributed by atoms with Crippen LogP contribution in [0.1, 0.15) is 5.56 Å². The van der Waals surface area contributed by atoms with E-state index in [4.69, 9.17) is 4.84 Å². The molecule has 0 unspecified atom stereocenters. The molecule has 0 spiro atoms. The summed E-state index contributed by atoms with van der Waals surface area (Å²) in [5, 5.41) is 1.35. The summed E-state index contributed by atoms with van der Waals surface area (Å²) in [5.74, 6) is 0.880. The van der Waals surface area contributed by atoms with Crippen LogP contribution >= 0.6 is 0 Å². The minimum absolute atomic E-state index is 0.402. The number of aromatic amines is 1. The van der Waals surface area contributed by atoms with Crippen molar-refractivity contribution in [1.82, 2.24) is 15.4 Å². The summed E-state index contributed by atoms with van der Waals surface area (Å²) in [7, 11) is 0. The van der Waals surface area contributed by atoms with E-state index in [9.17, 15) is 4.79 Å². The summed E-state index contributed by atoms with van der Waals surface area (Å²) in [6.45, 7) is 0. The van der Waals surface area contributed by atoms with Crippen LogP contribution in [0.4, 0.5) is 4.79 Å². The number of urea groups is 1. The van der Waals surface area contributed by atoms with Gasteiger partial charge in [0.05, 0.1) is 17.0 Å². The molecule has 2 aromatic carbocycles. The number of nitrogens with one attached hydrogen (secondary N) is 2. The van der Waals surface area contributed by atoms with E-state index in [0.29, 0.717) is 10.7 Å². The first-order valence-corrected chi connectivity index (χ1v) is 7.50. The van der Waals surface area contributed by atoms with Crippen molar-refractivity contribution in [2.24, 2.45) is 9.98 Å². The predicted molar refractivity (Wildman–Crippen MR) is 92.0 cm³/mol. The fourth-order valence-electron chi connectivity index (χ4n) is 2.03. The van der Waals surface area contributed by atoms with Crippen LogP contribution in [0, 0.1) is 0 Å². The van der Waals surface area contributed by atoms with Crippen LogP contribution in [0.5, 0.6) is 5.75 Å². The minimum atomic E-state index is -0.402. The molecule has 5 rings (SSSR count). The SMILES string of the molecule is C1=Cc2ccccc2ON1.O=C1N=c2ccccc2=N1.c1c[nH]cn1. The fourth-order valence-corrected chi connectivity index (χ4v) is 2.03. The Kier molecular flexibility index (Phi) is 5.30. The highest BCUT2D eigenvalue weighted by atomic mass is 16.6. The number of fused-ring (bicyclic) bond motifs is 2. The molecule has 0 bridgehead atoms. The predicted octanol–water partition coefficient (Wildman–Crippen LogP) is 2.02. The lowest BCUT2D eigenvalue weighted by Gasteiger charge is -2.11. The van der Waals surface area contributed by atoms with E-state index in [-0.39, 0.29) is 0 Å². The molecule has 0 saturated carbocycles. The second-order valence-electron chi connectivity index (χ2n) is 4.85. The highest BCUT2D eigenvalue weighted by molar-refractivity contribution is 5.77. The van der Waals surface area contributed by atoms with Gasteiger partial charge < -0.3 is 9.82 Å². The Labute approximate surface area is 143 Å². The number of amides is 2. The first-order valence-electron chi connectivity index (χ1n) is 7.50. The third-order valence-electron chi connectivity index (χ3n) is 3.14. The smallest absolute Gasteiger partial charge is 0.368 e. The van der Waals surface area contributed by atoms with Crippen molar-refractivity contribution in [1.29, 1.82) is 0 Å². The summed E-state index contributed by atoms with van der Waals surface area (Å²) < 4.78 is 0. The van der Waals surface area contributed by atoms with Gasteiger partial charge in [-0.15, -0.1) is 0 Å².